The number of hydrogen-bond acceptors (Lipinski definition) is 13. The number of ether oxygens (including phenoxy) is 1. The van der Waals surface area contributed by atoms with Gasteiger partial charge in [-0.05, 0) is 0 Å². The van der Waals surface area contributed by atoms with Crippen molar-refractivity contribution in [2.75, 3.05) is 18.9 Å². The predicted molar refractivity (Wildman–Crippen MR) is 100 cm³/mol. The van der Waals surface area contributed by atoms with E-state index in [1.165, 1.54) is 17.2 Å². The number of nitrogen functional groups attached to an aromatic ring is 1. The molecule has 1 fully saturated rings. The van der Waals surface area contributed by atoms with Crippen molar-refractivity contribution < 1.29 is 48.5 Å². The first-order valence-electron chi connectivity index (χ1n) is 9.01. The summed E-state index contributed by atoms with van der Waals surface area (Å²) in [7, 11) is -4.72. The van der Waals surface area contributed by atoms with Crippen LogP contribution in [-0.4, -0.2) is 94.9 Å². The van der Waals surface area contributed by atoms with Crippen LogP contribution in [0.15, 0.2) is 12.7 Å². The molecular weight excluding hydrogens is 441 g/mol. The van der Waals surface area contributed by atoms with Crippen LogP contribution < -0.4 is 5.73 Å². The van der Waals surface area contributed by atoms with Gasteiger partial charge in [-0.3, -0.25) is 13.6 Å². The maximum Gasteiger partial charge on any atom is 0.472 e. The number of rotatable bonds is 10. The van der Waals surface area contributed by atoms with E-state index < -0.39 is 57.8 Å². The standard InChI is InChI=1S/C15H22N5O10P/c16-14-12-15(18-5-17-14)20(6-19-12)11-1-7(22)10(30-11)4-29-31(26,27)28-3-9(24)13(25)8(23)2-21/h2,5-11,13,22-25H,1,3-4H2,(H,26,27)(H2,16,17,18)/t7?,8-,9-,10-,11-,13+/m1/s1. The van der Waals surface area contributed by atoms with E-state index in [2.05, 4.69) is 19.5 Å². The van der Waals surface area contributed by atoms with Crippen molar-refractivity contribution in [1.29, 1.82) is 0 Å². The Hall–Kier alpha value is -2.07. The lowest BCUT2D eigenvalue weighted by Gasteiger charge is -2.21. The first-order valence-corrected chi connectivity index (χ1v) is 10.5. The molecule has 0 bridgehead atoms. The van der Waals surface area contributed by atoms with Crippen LogP contribution in [0.5, 0.6) is 0 Å². The molecule has 2 aromatic heterocycles. The third-order valence-corrected chi connectivity index (χ3v) is 5.55. The lowest BCUT2D eigenvalue weighted by atomic mass is 10.1. The third kappa shape index (κ3) is 5.41. The van der Waals surface area contributed by atoms with Crippen LogP contribution in [0.25, 0.3) is 11.2 Å². The number of carbonyl (C=O) groups excluding carboxylic acids is 1. The zero-order valence-electron chi connectivity index (χ0n) is 15.9. The fourth-order valence-corrected chi connectivity index (χ4v) is 3.65. The van der Waals surface area contributed by atoms with Gasteiger partial charge in [0.2, 0.25) is 0 Å². The highest BCUT2D eigenvalue weighted by Crippen LogP contribution is 2.44. The molecule has 172 valence electrons. The van der Waals surface area contributed by atoms with E-state index in [4.69, 9.17) is 20.1 Å². The number of nitrogens with two attached hydrogens (primary N) is 1. The Balaban J connectivity index is 1.55. The van der Waals surface area contributed by atoms with E-state index in [9.17, 15) is 29.6 Å². The van der Waals surface area contributed by atoms with Crippen molar-refractivity contribution in [1.82, 2.24) is 19.5 Å². The molecule has 15 nitrogen and oxygen atoms in total. The minimum Gasteiger partial charge on any atom is -0.390 e. The molecule has 0 radical (unpaired) electrons. The molecule has 0 aliphatic carbocycles. The van der Waals surface area contributed by atoms with Gasteiger partial charge in [-0.15, -0.1) is 0 Å². The second-order valence-corrected chi connectivity index (χ2v) is 8.21. The number of aliphatic hydroxyl groups excluding tert-OH is 4. The minimum absolute atomic E-state index is 0.0119. The summed E-state index contributed by atoms with van der Waals surface area (Å²) < 4.78 is 28.5. The number of imidazole rings is 1. The van der Waals surface area contributed by atoms with E-state index in [0.717, 1.165) is 0 Å². The molecule has 3 heterocycles. The molecule has 1 aliphatic rings. The van der Waals surface area contributed by atoms with Gasteiger partial charge in [-0.25, -0.2) is 19.5 Å². The van der Waals surface area contributed by atoms with Crippen LogP contribution in [0.4, 0.5) is 5.82 Å². The molecular formula is C15H22N5O10P. The summed E-state index contributed by atoms with van der Waals surface area (Å²) in [4.78, 5) is 32.1. The number of phosphoric ester groups is 1. The van der Waals surface area contributed by atoms with Crippen LogP contribution in [0, 0.1) is 0 Å². The molecule has 0 amide bonds. The lowest BCUT2D eigenvalue weighted by Crippen LogP contribution is -2.40. The maximum atomic E-state index is 12.0. The number of aldehydes is 1. The molecule has 0 aromatic carbocycles. The third-order valence-electron chi connectivity index (χ3n) is 4.60. The van der Waals surface area contributed by atoms with Crippen molar-refractivity contribution >= 4 is 31.1 Å². The first-order chi connectivity index (χ1) is 14.6. The second kappa shape index (κ2) is 9.60. The van der Waals surface area contributed by atoms with E-state index >= 15 is 0 Å². The zero-order valence-corrected chi connectivity index (χ0v) is 16.8. The molecule has 7 atom stereocenters. The molecule has 1 saturated heterocycles. The molecule has 31 heavy (non-hydrogen) atoms. The van der Waals surface area contributed by atoms with Crippen molar-refractivity contribution in [2.24, 2.45) is 0 Å². The summed E-state index contributed by atoms with van der Waals surface area (Å²) >= 11 is 0. The van der Waals surface area contributed by atoms with Crippen LogP contribution in [0.3, 0.4) is 0 Å². The molecule has 2 aromatic rings. The predicted octanol–water partition coefficient (Wildman–Crippen LogP) is -2.53. The summed E-state index contributed by atoms with van der Waals surface area (Å²) in [5.74, 6) is 0.175. The maximum absolute atomic E-state index is 12.0. The summed E-state index contributed by atoms with van der Waals surface area (Å²) in [5.41, 5.74) is 6.47. The van der Waals surface area contributed by atoms with Gasteiger partial charge >= 0.3 is 7.82 Å². The van der Waals surface area contributed by atoms with E-state index in [-0.39, 0.29) is 18.5 Å². The lowest BCUT2D eigenvalue weighted by molar-refractivity contribution is -0.127. The highest BCUT2D eigenvalue weighted by Gasteiger charge is 2.38. The smallest absolute Gasteiger partial charge is 0.390 e. The molecule has 7 N–H and O–H groups in total. The summed E-state index contributed by atoms with van der Waals surface area (Å²) in [6.45, 7) is -1.44. The van der Waals surface area contributed by atoms with Gasteiger partial charge in [-0.2, -0.15) is 0 Å². The zero-order chi connectivity index (χ0) is 22.8. The number of aromatic nitrogens is 4. The number of nitrogens with zero attached hydrogens (tertiary/aromatic N) is 4. The molecule has 3 rings (SSSR count). The normalized spacial score (nSPS) is 26.4. The van der Waals surface area contributed by atoms with Gasteiger partial charge < -0.3 is 40.6 Å². The topological polar surface area (TPSA) is 233 Å². The molecule has 16 heteroatoms. The molecule has 0 saturated carbocycles. The Morgan fingerprint density at radius 2 is 2.06 bits per heavy atom. The van der Waals surface area contributed by atoms with Crippen molar-refractivity contribution in [3.8, 4) is 0 Å². The highest BCUT2D eigenvalue weighted by molar-refractivity contribution is 7.47. The van der Waals surface area contributed by atoms with Crippen molar-refractivity contribution in [3.05, 3.63) is 12.7 Å². The highest BCUT2D eigenvalue weighted by atomic mass is 31.2. The number of carbonyl (C=O) groups is 1. The van der Waals surface area contributed by atoms with Crippen LogP contribution in [0.2, 0.25) is 0 Å². The fraction of sp³-hybridized carbons (Fsp3) is 0.600. The van der Waals surface area contributed by atoms with Gasteiger partial charge in [0.1, 0.15) is 42.5 Å². The second-order valence-electron chi connectivity index (χ2n) is 6.76. The monoisotopic (exact) mass is 463 g/mol. The Labute approximate surface area is 174 Å². The summed E-state index contributed by atoms with van der Waals surface area (Å²) in [6, 6.07) is 0. The van der Waals surface area contributed by atoms with Crippen molar-refractivity contribution in [3.63, 3.8) is 0 Å². The first kappa shape index (κ1) is 23.6. The average Bonchev–Trinajstić information content (AvgIpc) is 3.33. The SMILES string of the molecule is Nc1ncnc2c1ncn2[C@H]1CC(O)[C@@H](COP(=O)(O)OC[C@@H](O)[C@@H](O)[C@H](O)C=O)O1. The fourth-order valence-electron chi connectivity index (χ4n) is 2.90. The number of phosphoric acid groups is 1. The van der Waals surface area contributed by atoms with Crippen LogP contribution in [-0.2, 0) is 23.1 Å². The van der Waals surface area contributed by atoms with Gasteiger partial charge in [0.25, 0.3) is 0 Å². The van der Waals surface area contributed by atoms with Gasteiger partial charge in [0, 0.05) is 6.42 Å². The van der Waals surface area contributed by atoms with Crippen molar-refractivity contribution in [2.45, 2.75) is 43.2 Å². The number of aliphatic hydroxyl groups is 4. The van der Waals surface area contributed by atoms with Gasteiger partial charge in [0.15, 0.2) is 17.8 Å². The Kier molecular flexibility index (Phi) is 7.31. The summed E-state index contributed by atoms with van der Waals surface area (Å²) in [6.07, 6.45) is -5.64. The minimum atomic E-state index is -4.72. The Bertz CT molecular complexity index is 959. The molecule has 2 unspecified atom stereocenters. The number of anilines is 1. The average molecular weight is 463 g/mol. The quantitative estimate of drug-likeness (QED) is 0.158. The largest absolute Gasteiger partial charge is 0.472 e. The van der Waals surface area contributed by atoms with Crippen LogP contribution in [0.1, 0.15) is 12.6 Å². The molecule has 0 spiro atoms. The van der Waals surface area contributed by atoms with E-state index in [1.54, 1.807) is 0 Å². The molecule has 1 aliphatic heterocycles. The number of fused-ring (bicyclic) bond motifs is 1. The Morgan fingerprint density at radius 1 is 1.32 bits per heavy atom. The van der Waals surface area contributed by atoms with E-state index in [0.29, 0.717) is 11.2 Å². The van der Waals surface area contributed by atoms with Crippen LogP contribution >= 0.6 is 7.82 Å². The summed E-state index contributed by atoms with van der Waals surface area (Å²) in [5, 5.41) is 38.4. The van der Waals surface area contributed by atoms with Gasteiger partial charge in [-0.1, -0.05) is 0 Å². The number of hydrogen-bond donors (Lipinski definition) is 6. The van der Waals surface area contributed by atoms with Gasteiger partial charge in [0.05, 0.1) is 25.6 Å². The van der Waals surface area contributed by atoms with E-state index in [1.807, 2.05) is 0 Å². The Morgan fingerprint density at radius 3 is 2.77 bits per heavy atom.